The van der Waals surface area contributed by atoms with E-state index >= 15 is 0 Å². The predicted molar refractivity (Wildman–Crippen MR) is 144 cm³/mol. The van der Waals surface area contributed by atoms with Crippen molar-refractivity contribution in [1.29, 1.82) is 0 Å². The van der Waals surface area contributed by atoms with Crippen LogP contribution < -0.4 is 5.32 Å². The maximum Gasteiger partial charge on any atom is 0.269 e. The number of ketones is 1. The fourth-order valence-electron chi connectivity index (χ4n) is 7.33. The van der Waals surface area contributed by atoms with Crippen LogP contribution in [-0.4, -0.2) is 34.1 Å². The highest BCUT2D eigenvalue weighted by Crippen LogP contribution is 2.61. The molecule has 1 spiro atoms. The number of fused-ring (bicyclic) bond motifs is 5. The molecule has 1 amide bonds. The summed E-state index contributed by atoms with van der Waals surface area (Å²) in [5.41, 5.74) is 0.792. The zero-order chi connectivity index (χ0) is 26.9. The van der Waals surface area contributed by atoms with E-state index in [0.717, 1.165) is 29.2 Å². The summed E-state index contributed by atoms with van der Waals surface area (Å²) in [6.45, 7) is 0.580. The number of Topliss-reactive ketones (excluding diaryl/α,β-unsaturated/α-hetero) is 1. The van der Waals surface area contributed by atoms with E-state index in [1.807, 2.05) is 36.4 Å². The average molecular weight is 522 g/mol. The minimum atomic E-state index is -1.40. The summed E-state index contributed by atoms with van der Waals surface area (Å²) in [6, 6.07) is 23.5. The van der Waals surface area contributed by atoms with Crippen molar-refractivity contribution in [3.05, 3.63) is 118 Å². The lowest BCUT2D eigenvalue weighted by Crippen LogP contribution is -2.53. The van der Waals surface area contributed by atoms with Gasteiger partial charge in [0.15, 0.2) is 5.78 Å². The van der Waals surface area contributed by atoms with Crippen LogP contribution in [0.5, 0.6) is 0 Å². The van der Waals surface area contributed by atoms with Crippen LogP contribution in [0, 0.1) is 21.8 Å². The second-order valence-electron chi connectivity index (χ2n) is 10.6. The molecular formula is C31H24FN3O4. The van der Waals surface area contributed by atoms with Gasteiger partial charge in [0, 0.05) is 40.9 Å². The number of nitrogens with zero attached hydrogens (tertiary/aromatic N) is 2. The molecule has 194 valence electrons. The quantitative estimate of drug-likeness (QED) is 0.208. The second-order valence-corrected chi connectivity index (χ2v) is 10.6. The Hall–Kier alpha value is -4.43. The molecular weight excluding hydrogens is 497 g/mol. The first-order chi connectivity index (χ1) is 18.9. The summed E-state index contributed by atoms with van der Waals surface area (Å²) in [7, 11) is 0. The molecule has 0 aliphatic carbocycles. The molecule has 0 bridgehead atoms. The monoisotopic (exact) mass is 521 g/mol. The highest BCUT2D eigenvalue weighted by molar-refractivity contribution is 6.16. The lowest BCUT2D eigenvalue weighted by Gasteiger charge is -2.37. The summed E-state index contributed by atoms with van der Waals surface area (Å²) < 4.78 is 14.8. The Bertz CT molecular complexity index is 1680. The Morgan fingerprint density at radius 2 is 1.79 bits per heavy atom. The van der Waals surface area contributed by atoms with Gasteiger partial charge < -0.3 is 5.32 Å². The average Bonchev–Trinajstić information content (AvgIpc) is 3.61. The molecule has 8 heteroatoms. The molecule has 39 heavy (non-hydrogen) atoms. The third kappa shape index (κ3) is 3.24. The van der Waals surface area contributed by atoms with E-state index < -0.39 is 28.1 Å². The molecule has 3 unspecified atom stereocenters. The number of hydrogen-bond donors (Lipinski definition) is 1. The smallest absolute Gasteiger partial charge is 0.269 e. The molecule has 2 fully saturated rings. The van der Waals surface area contributed by atoms with Gasteiger partial charge >= 0.3 is 0 Å². The van der Waals surface area contributed by atoms with Gasteiger partial charge in [-0.25, -0.2) is 4.39 Å². The van der Waals surface area contributed by atoms with Crippen molar-refractivity contribution in [1.82, 2.24) is 4.90 Å². The topological polar surface area (TPSA) is 92.5 Å². The summed E-state index contributed by atoms with van der Waals surface area (Å²) in [5.74, 6) is -2.32. The maximum absolute atomic E-state index is 14.8. The summed E-state index contributed by atoms with van der Waals surface area (Å²) in [6.07, 6.45) is 1.57. The second kappa shape index (κ2) is 8.54. The number of halogens is 1. The van der Waals surface area contributed by atoms with Crippen LogP contribution in [0.1, 0.15) is 40.2 Å². The molecule has 0 radical (unpaired) electrons. The van der Waals surface area contributed by atoms with Gasteiger partial charge in [-0.1, -0.05) is 54.6 Å². The van der Waals surface area contributed by atoms with Crippen LogP contribution in [-0.2, 0) is 10.3 Å². The van der Waals surface area contributed by atoms with Gasteiger partial charge in [0.2, 0.25) is 5.91 Å². The molecule has 0 aromatic heterocycles. The van der Waals surface area contributed by atoms with Crippen molar-refractivity contribution in [3.63, 3.8) is 0 Å². The van der Waals surface area contributed by atoms with Gasteiger partial charge in [0.1, 0.15) is 11.4 Å². The normalized spacial score (nSPS) is 25.6. The molecule has 2 saturated heterocycles. The van der Waals surface area contributed by atoms with Gasteiger partial charge in [-0.2, -0.15) is 0 Å². The van der Waals surface area contributed by atoms with E-state index in [1.54, 1.807) is 24.3 Å². The predicted octanol–water partition coefficient (Wildman–Crippen LogP) is 5.80. The minimum absolute atomic E-state index is 0.0438. The number of nitrogens with one attached hydrogen (secondary N) is 1. The number of nitro benzene ring substituents is 1. The Balaban J connectivity index is 1.50. The van der Waals surface area contributed by atoms with Crippen LogP contribution >= 0.6 is 0 Å². The van der Waals surface area contributed by atoms with E-state index in [-0.39, 0.29) is 23.4 Å². The number of amides is 1. The number of carbonyl (C=O) groups excluding carboxylic acids is 2. The molecule has 1 N–H and O–H groups in total. The number of nitro groups is 1. The standard InChI is InChI=1S/C31H24FN3O4/c32-20-12-15-25-24(17-20)31(30(37)33-25)28(29(36)23-8-3-6-18-5-1-2-7-22(18)23)27(26-9-4-16-34(26)31)19-10-13-21(14-11-19)35(38)39/h1-3,5-8,10-15,17,26-28H,4,9,16H2,(H,33,37)/t26?,27?,28?,31-/m1/s1. The zero-order valence-corrected chi connectivity index (χ0v) is 20.8. The van der Waals surface area contributed by atoms with Crippen LogP contribution in [0.2, 0.25) is 0 Å². The third-order valence-electron chi connectivity index (χ3n) is 8.79. The maximum atomic E-state index is 14.8. The number of carbonyl (C=O) groups is 2. The van der Waals surface area contributed by atoms with Crippen LogP contribution in [0.25, 0.3) is 10.8 Å². The van der Waals surface area contributed by atoms with Crippen LogP contribution in [0.3, 0.4) is 0 Å². The largest absolute Gasteiger partial charge is 0.324 e. The fraction of sp³-hybridized carbons (Fsp3) is 0.226. The first kappa shape index (κ1) is 23.7. The van der Waals surface area contributed by atoms with Crippen molar-refractivity contribution in [2.24, 2.45) is 5.92 Å². The number of benzene rings is 4. The van der Waals surface area contributed by atoms with Crippen LogP contribution in [0.4, 0.5) is 15.8 Å². The molecule has 4 atom stereocenters. The lowest BCUT2D eigenvalue weighted by atomic mass is 9.68. The SMILES string of the molecule is O=C(c1cccc2ccccc12)C1C(c2ccc([N+](=O)[O-])cc2)C2CCCN2[C@@]12C(=O)Nc1ccc(F)cc12. The fourth-order valence-corrected chi connectivity index (χ4v) is 7.33. The van der Waals surface area contributed by atoms with Crippen LogP contribution in [0.15, 0.2) is 84.9 Å². The Morgan fingerprint density at radius 3 is 2.59 bits per heavy atom. The first-order valence-corrected chi connectivity index (χ1v) is 13.1. The van der Waals surface area contributed by atoms with E-state index in [9.17, 15) is 24.1 Å². The Kier molecular flexibility index (Phi) is 5.18. The van der Waals surface area contributed by atoms with Gasteiger partial charge in [-0.3, -0.25) is 24.6 Å². The van der Waals surface area contributed by atoms with Crippen molar-refractivity contribution in [2.75, 3.05) is 11.9 Å². The first-order valence-electron chi connectivity index (χ1n) is 13.1. The molecule has 7 rings (SSSR count). The van der Waals surface area contributed by atoms with Gasteiger partial charge in [-0.05, 0) is 53.9 Å². The van der Waals surface area contributed by atoms with Crippen molar-refractivity contribution in [3.8, 4) is 0 Å². The van der Waals surface area contributed by atoms with E-state index in [4.69, 9.17) is 0 Å². The van der Waals surface area contributed by atoms with Gasteiger partial charge in [0.05, 0.1) is 10.8 Å². The van der Waals surface area contributed by atoms with Gasteiger partial charge in [-0.15, -0.1) is 0 Å². The van der Waals surface area contributed by atoms with E-state index in [1.165, 1.54) is 24.3 Å². The molecule has 4 aromatic rings. The molecule has 3 aliphatic rings. The molecule has 7 nitrogen and oxygen atoms in total. The molecule has 3 aliphatic heterocycles. The molecule has 4 aromatic carbocycles. The number of hydrogen-bond acceptors (Lipinski definition) is 5. The van der Waals surface area contributed by atoms with E-state index in [2.05, 4.69) is 10.2 Å². The molecule has 3 heterocycles. The number of rotatable bonds is 4. The van der Waals surface area contributed by atoms with Crippen molar-refractivity contribution >= 4 is 33.8 Å². The lowest BCUT2D eigenvalue weighted by molar-refractivity contribution is -0.384. The zero-order valence-electron chi connectivity index (χ0n) is 20.8. The highest BCUT2D eigenvalue weighted by atomic mass is 19.1. The minimum Gasteiger partial charge on any atom is -0.324 e. The number of non-ortho nitro benzene ring substituents is 1. The summed E-state index contributed by atoms with van der Waals surface area (Å²) in [4.78, 5) is 42.0. The highest BCUT2D eigenvalue weighted by Gasteiger charge is 2.69. The Morgan fingerprint density at radius 1 is 1.03 bits per heavy atom. The third-order valence-corrected chi connectivity index (χ3v) is 8.79. The summed E-state index contributed by atoms with van der Waals surface area (Å²) in [5, 5.41) is 16.0. The summed E-state index contributed by atoms with van der Waals surface area (Å²) >= 11 is 0. The number of anilines is 1. The molecule has 0 saturated carbocycles. The van der Waals surface area contributed by atoms with Gasteiger partial charge in [0.25, 0.3) is 5.69 Å². The van der Waals surface area contributed by atoms with E-state index in [0.29, 0.717) is 23.4 Å². The van der Waals surface area contributed by atoms with Crippen molar-refractivity contribution in [2.45, 2.75) is 30.3 Å². The van der Waals surface area contributed by atoms with Crippen molar-refractivity contribution < 1.29 is 18.9 Å². The Labute approximate surface area is 223 Å².